The second kappa shape index (κ2) is 3.95. The molecule has 1 aromatic carbocycles. The zero-order valence-corrected chi connectivity index (χ0v) is 9.67. The van der Waals surface area contributed by atoms with E-state index in [4.69, 9.17) is 11.6 Å². The lowest BCUT2D eigenvalue weighted by Gasteiger charge is -2.08. The maximum atomic E-state index is 6.01. The van der Waals surface area contributed by atoms with Crippen molar-refractivity contribution in [2.24, 2.45) is 5.92 Å². The Bertz CT molecular complexity index is 520. The lowest BCUT2D eigenvalue weighted by molar-refractivity contribution is 0.890. The molecule has 16 heavy (non-hydrogen) atoms. The molecular formula is C13H13ClN2. The molecule has 1 fully saturated rings. The summed E-state index contributed by atoms with van der Waals surface area (Å²) in [5.41, 5.74) is 2.13. The molecule has 0 unspecified atom stereocenters. The molecule has 3 rings (SSSR count). The fourth-order valence-electron chi connectivity index (χ4n) is 1.85. The fraction of sp³-hybridized carbons (Fsp3) is 0.308. The van der Waals surface area contributed by atoms with Gasteiger partial charge < -0.3 is 5.32 Å². The van der Waals surface area contributed by atoms with Gasteiger partial charge in [-0.3, -0.25) is 4.98 Å². The van der Waals surface area contributed by atoms with Crippen LogP contribution in [0.5, 0.6) is 0 Å². The molecule has 0 saturated heterocycles. The van der Waals surface area contributed by atoms with Crippen molar-refractivity contribution >= 4 is 28.2 Å². The lowest BCUT2D eigenvalue weighted by Crippen LogP contribution is -2.03. The van der Waals surface area contributed by atoms with Crippen molar-refractivity contribution in [3.63, 3.8) is 0 Å². The Labute approximate surface area is 99.6 Å². The molecule has 2 aromatic rings. The Morgan fingerprint density at radius 2 is 2.19 bits per heavy atom. The SMILES string of the molecule is Clc1ccc2nccc(NCC3CC3)c2c1. The van der Waals surface area contributed by atoms with Gasteiger partial charge >= 0.3 is 0 Å². The predicted octanol–water partition coefficient (Wildman–Crippen LogP) is 3.71. The number of hydrogen-bond donors (Lipinski definition) is 1. The van der Waals surface area contributed by atoms with Gasteiger partial charge in [0.1, 0.15) is 0 Å². The fourth-order valence-corrected chi connectivity index (χ4v) is 2.02. The number of halogens is 1. The average molecular weight is 233 g/mol. The minimum Gasteiger partial charge on any atom is -0.384 e. The summed E-state index contributed by atoms with van der Waals surface area (Å²) < 4.78 is 0. The Balaban J connectivity index is 1.97. The molecule has 0 atom stereocenters. The van der Waals surface area contributed by atoms with Crippen LogP contribution >= 0.6 is 11.6 Å². The van der Waals surface area contributed by atoms with Gasteiger partial charge in [0.05, 0.1) is 5.52 Å². The molecule has 1 heterocycles. The first-order valence-electron chi connectivity index (χ1n) is 5.61. The van der Waals surface area contributed by atoms with Gasteiger partial charge in [-0.2, -0.15) is 0 Å². The second-order valence-electron chi connectivity index (χ2n) is 4.34. The van der Waals surface area contributed by atoms with E-state index in [9.17, 15) is 0 Å². The molecule has 0 aliphatic heterocycles. The van der Waals surface area contributed by atoms with E-state index >= 15 is 0 Å². The maximum Gasteiger partial charge on any atom is 0.0723 e. The van der Waals surface area contributed by atoms with E-state index in [2.05, 4.69) is 10.3 Å². The third-order valence-electron chi connectivity index (χ3n) is 2.98. The van der Waals surface area contributed by atoms with Crippen LogP contribution in [-0.2, 0) is 0 Å². The monoisotopic (exact) mass is 232 g/mol. The summed E-state index contributed by atoms with van der Waals surface area (Å²) >= 11 is 6.01. The molecule has 1 aliphatic rings. The Hall–Kier alpha value is -1.28. The number of benzene rings is 1. The van der Waals surface area contributed by atoms with Crippen LogP contribution in [0.15, 0.2) is 30.5 Å². The van der Waals surface area contributed by atoms with Crippen LogP contribution in [0.4, 0.5) is 5.69 Å². The van der Waals surface area contributed by atoms with Crippen molar-refractivity contribution in [2.45, 2.75) is 12.8 Å². The molecule has 0 bridgehead atoms. The van der Waals surface area contributed by atoms with Crippen molar-refractivity contribution in [1.82, 2.24) is 4.98 Å². The first-order valence-corrected chi connectivity index (χ1v) is 5.99. The molecule has 82 valence electrons. The summed E-state index contributed by atoms with van der Waals surface area (Å²) in [5.74, 6) is 0.863. The van der Waals surface area contributed by atoms with Gasteiger partial charge in [0.2, 0.25) is 0 Å². The van der Waals surface area contributed by atoms with Crippen molar-refractivity contribution in [2.75, 3.05) is 11.9 Å². The van der Waals surface area contributed by atoms with E-state index in [1.807, 2.05) is 30.5 Å². The maximum absolute atomic E-state index is 6.01. The zero-order valence-electron chi connectivity index (χ0n) is 8.91. The van der Waals surface area contributed by atoms with Gasteiger partial charge in [-0.25, -0.2) is 0 Å². The quantitative estimate of drug-likeness (QED) is 0.873. The van der Waals surface area contributed by atoms with Crippen molar-refractivity contribution in [3.8, 4) is 0 Å². The number of hydrogen-bond acceptors (Lipinski definition) is 2. The number of rotatable bonds is 3. The average Bonchev–Trinajstić information content (AvgIpc) is 3.10. The predicted molar refractivity (Wildman–Crippen MR) is 68.0 cm³/mol. The summed E-state index contributed by atoms with van der Waals surface area (Å²) in [4.78, 5) is 4.33. The Morgan fingerprint density at radius 1 is 1.31 bits per heavy atom. The third kappa shape index (κ3) is 1.98. The number of nitrogens with one attached hydrogen (secondary N) is 1. The molecule has 1 N–H and O–H groups in total. The highest BCUT2D eigenvalue weighted by atomic mass is 35.5. The van der Waals surface area contributed by atoms with Crippen molar-refractivity contribution < 1.29 is 0 Å². The highest BCUT2D eigenvalue weighted by Crippen LogP contribution is 2.30. The molecule has 0 amide bonds. The number of pyridine rings is 1. The zero-order chi connectivity index (χ0) is 11.0. The van der Waals surface area contributed by atoms with Crippen LogP contribution in [0.3, 0.4) is 0 Å². The molecule has 2 nitrogen and oxygen atoms in total. The summed E-state index contributed by atoms with van der Waals surface area (Å²) in [6.07, 6.45) is 4.55. The third-order valence-corrected chi connectivity index (χ3v) is 3.22. The molecule has 1 aromatic heterocycles. The summed E-state index contributed by atoms with van der Waals surface area (Å²) in [5, 5.41) is 5.34. The normalized spacial score (nSPS) is 15.3. The molecule has 3 heteroatoms. The Kier molecular flexibility index (Phi) is 2.44. The van der Waals surface area contributed by atoms with Gasteiger partial charge in [0, 0.05) is 28.8 Å². The van der Waals surface area contributed by atoms with Crippen molar-refractivity contribution in [3.05, 3.63) is 35.5 Å². The number of fused-ring (bicyclic) bond motifs is 1. The van der Waals surface area contributed by atoms with Gasteiger partial charge in [0.25, 0.3) is 0 Å². The minimum atomic E-state index is 0.759. The van der Waals surface area contributed by atoms with E-state index in [1.54, 1.807) is 0 Å². The van der Waals surface area contributed by atoms with E-state index < -0.39 is 0 Å². The summed E-state index contributed by atoms with van der Waals surface area (Å²) in [7, 11) is 0. The van der Waals surface area contributed by atoms with Gasteiger partial charge in [0.15, 0.2) is 0 Å². The molecule has 1 saturated carbocycles. The number of anilines is 1. The van der Waals surface area contributed by atoms with E-state index in [1.165, 1.54) is 12.8 Å². The van der Waals surface area contributed by atoms with Crippen LogP contribution in [0.2, 0.25) is 5.02 Å². The second-order valence-corrected chi connectivity index (χ2v) is 4.78. The van der Waals surface area contributed by atoms with Gasteiger partial charge in [-0.1, -0.05) is 11.6 Å². The van der Waals surface area contributed by atoms with Crippen LogP contribution in [0, 0.1) is 5.92 Å². The molecular weight excluding hydrogens is 220 g/mol. The van der Waals surface area contributed by atoms with Crippen LogP contribution < -0.4 is 5.32 Å². The van der Waals surface area contributed by atoms with Crippen molar-refractivity contribution in [1.29, 1.82) is 0 Å². The van der Waals surface area contributed by atoms with E-state index in [-0.39, 0.29) is 0 Å². The standard InChI is InChI=1S/C13H13ClN2/c14-10-3-4-12-11(7-10)13(5-6-15-12)16-8-9-1-2-9/h3-7,9H,1-2,8H2,(H,15,16). The lowest BCUT2D eigenvalue weighted by atomic mass is 10.2. The van der Waals surface area contributed by atoms with Crippen LogP contribution in [0.1, 0.15) is 12.8 Å². The number of aromatic nitrogens is 1. The van der Waals surface area contributed by atoms with E-state index in [0.29, 0.717) is 0 Å². The van der Waals surface area contributed by atoms with Crippen LogP contribution in [-0.4, -0.2) is 11.5 Å². The minimum absolute atomic E-state index is 0.759. The van der Waals surface area contributed by atoms with Gasteiger partial charge in [-0.05, 0) is 43.0 Å². The Morgan fingerprint density at radius 3 is 3.00 bits per heavy atom. The van der Waals surface area contributed by atoms with E-state index in [0.717, 1.165) is 34.1 Å². The molecule has 0 radical (unpaired) electrons. The first-order chi connectivity index (χ1) is 7.83. The number of nitrogens with zero attached hydrogens (tertiary/aromatic N) is 1. The smallest absolute Gasteiger partial charge is 0.0723 e. The highest BCUT2D eigenvalue weighted by Gasteiger charge is 2.20. The summed E-state index contributed by atoms with van der Waals surface area (Å²) in [6.45, 7) is 1.06. The first kappa shape index (κ1) is 9.91. The highest BCUT2D eigenvalue weighted by molar-refractivity contribution is 6.31. The molecule has 0 spiro atoms. The largest absolute Gasteiger partial charge is 0.384 e. The topological polar surface area (TPSA) is 24.9 Å². The van der Waals surface area contributed by atoms with Crippen LogP contribution in [0.25, 0.3) is 10.9 Å². The summed E-state index contributed by atoms with van der Waals surface area (Å²) in [6, 6.07) is 7.82. The van der Waals surface area contributed by atoms with Gasteiger partial charge in [-0.15, -0.1) is 0 Å². The molecule has 1 aliphatic carbocycles.